The number of nitrogens with zero attached hydrogens (tertiary/aromatic N) is 4. The van der Waals surface area contributed by atoms with Crippen molar-refractivity contribution in [1.29, 1.82) is 0 Å². The van der Waals surface area contributed by atoms with Gasteiger partial charge in [-0.2, -0.15) is 10.2 Å². The van der Waals surface area contributed by atoms with Crippen molar-refractivity contribution in [1.82, 2.24) is 19.6 Å². The maximum Gasteiger partial charge on any atom is 0.176 e. The molecule has 6 nitrogen and oxygen atoms in total. The summed E-state index contributed by atoms with van der Waals surface area (Å²) in [4.78, 5) is 0. The summed E-state index contributed by atoms with van der Waals surface area (Å²) >= 11 is 20.9. The van der Waals surface area contributed by atoms with Crippen molar-refractivity contribution < 1.29 is 0 Å². The predicted molar refractivity (Wildman–Crippen MR) is 133 cm³/mol. The van der Waals surface area contributed by atoms with Crippen molar-refractivity contribution in [3.8, 4) is 0 Å². The van der Waals surface area contributed by atoms with Crippen molar-refractivity contribution in [2.45, 2.75) is 13.1 Å². The first-order valence-corrected chi connectivity index (χ1v) is 11.2. The second kappa shape index (κ2) is 9.82. The summed E-state index contributed by atoms with van der Waals surface area (Å²) in [7, 11) is 0. The zero-order valence-corrected chi connectivity index (χ0v) is 20.0. The van der Waals surface area contributed by atoms with Gasteiger partial charge in [0.25, 0.3) is 0 Å². The fourth-order valence-corrected chi connectivity index (χ4v) is 3.91. The first kappa shape index (κ1) is 21.8. The summed E-state index contributed by atoms with van der Waals surface area (Å²) in [5, 5.41) is 17.0. The molecule has 158 valence electrons. The van der Waals surface area contributed by atoms with Crippen LogP contribution in [0.5, 0.6) is 0 Å². The molecule has 2 N–H and O–H groups in total. The lowest BCUT2D eigenvalue weighted by atomic mass is 10.2. The van der Waals surface area contributed by atoms with Gasteiger partial charge in [0.2, 0.25) is 0 Å². The maximum atomic E-state index is 6.04. The van der Waals surface area contributed by atoms with E-state index in [1.54, 1.807) is 6.20 Å². The van der Waals surface area contributed by atoms with Crippen LogP contribution in [0.2, 0.25) is 10.0 Å². The minimum Gasteiger partial charge on any atom is -0.330 e. The summed E-state index contributed by atoms with van der Waals surface area (Å²) in [6.07, 6.45) is 5.48. The fourth-order valence-electron chi connectivity index (χ4n) is 2.95. The van der Waals surface area contributed by atoms with Crippen LogP contribution in [-0.4, -0.2) is 24.7 Å². The molecule has 0 bridgehead atoms. The first-order chi connectivity index (χ1) is 14.9. The molecule has 0 fully saturated rings. The van der Waals surface area contributed by atoms with Gasteiger partial charge < -0.3 is 10.6 Å². The summed E-state index contributed by atoms with van der Waals surface area (Å²) in [5.41, 5.74) is 2.94. The molecule has 0 unspecified atom stereocenters. The largest absolute Gasteiger partial charge is 0.330 e. The summed E-state index contributed by atoms with van der Waals surface area (Å²) < 4.78 is 4.44. The van der Waals surface area contributed by atoms with E-state index in [0.29, 0.717) is 34.1 Å². The van der Waals surface area contributed by atoms with Gasteiger partial charge in [-0.05, 0) is 63.5 Å². The number of benzene rings is 2. The maximum absolute atomic E-state index is 6.04. The number of halogens is 3. The molecule has 10 heteroatoms. The van der Waals surface area contributed by atoms with E-state index in [0.717, 1.165) is 21.3 Å². The first-order valence-electron chi connectivity index (χ1n) is 9.27. The molecule has 31 heavy (non-hydrogen) atoms. The van der Waals surface area contributed by atoms with E-state index in [4.69, 9.17) is 35.4 Å². The van der Waals surface area contributed by atoms with Gasteiger partial charge in [-0.1, -0.05) is 47.5 Å². The highest BCUT2D eigenvalue weighted by molar-refractivity contribution is 9.10. The third-order valence-corrected chi connectivity index (χ3v) is 5.60. The Balaban J connectivity index is 1.35. The minimum absolute atomic E-state index is 0.416. The molecule has 0 aliphatic heterocycles. The number of nitrogens with one attached hydrogen (secondary N) is 2. The average molecular weight is 536 g/mol. The summed E-state index contributed by atoms with van der Waals surface area (Å²) in [6.45, 7) is 1.23. The van der Waals surface area contributed by atoms with Gasteiger partial charge in [0, 0.05) is 22.4 Å². The van der Waals surface area contributed by atoms with Crippen molar-refractivity contribution in [3.63, 3.8) is 0 Å². The molecule has 0 spiro atoms. The number of hydrogen-bond acceptors (Lipinski definition) is 3. The molecule has 2 aromatic heterocycles. The lowest BCUT2D eigenvalue weighted by Gasteiger charge is -2.07. The van der Waals surface area contributed by atoms with Crippen LogP contribution in [0, 0.1) is 0 Å². The Bertz CT molecular complexity index is 1200. The second-order valence-electron chi connectivity index (χ2n) is 6.79. The normalized spacial score (nSPS) is 10.8. The number of hydrogen-bond donors (Lipinski definition) is 2. The van der Waals surface area contributed by atoms with Crippen LogP contribution < -0.4 is 10.6 Å². The number of rotatable bonds is 6. The molecular weight excluding hydrogens is 519 g/mol. The zero-order valence-electron chi connectivity index (χ0n) is 16.1. The Morgan fingerprint density at radius 2 is 1.71 bits per heavy atom. The Morgan fingerprint density at radius 3 is 2.48 bits per heavy atom. The van der Waals surface area contributed by atoms with E-state index >= 15 is 0 Å². The van der Waals surface area contributed by atoms with E-state index in [-0.39, 0.29) is 0 Å². The van der Waals surface area contributed by atoms with Crippen LogP contribution in [0.4, 0.5) is 11.5 Å². The zero-order chi connectivity index (χ0) is 21.8. The van der Waals surface area contributed by atoms with E-state index in [2.05, 4.69) is 36.8 Å². The number of aromatic nitrogens is 4. The summed E-state index contributed by atoms with van der Waals surface area (Å²) in [6, 6.07) is 15.4. The topological polar surface area (TPSA) is 59.7 Å². The molecule has 0 saturated heterocycles. The molecule has 2 heterocycles. The van der Waals surface area contributed by atoms with Gasteiger partial charge in [0.1, 0.15) is 0 Å². The van der Waals surface area contributed by atoms with Gasteiger partial charge in [-0.15, -0.1) is 0 Å². The van der Waals surface area contributed by atoms with E-state index in [9.17, 15) is 0 Å². The van der Waals surface area contributed by atoms with Crippen LogP contribution in [-0.2, 0) is 13.1 Å². The lowest BCUT2D eigenvalue weighted by molar-refractivity contribution is 0.687. The van der Waals surface area contributed by atoms with Gasteiger partial charge >= 0.3 is 0 Å². The van der Waals surface area contributed by atoms with Crippen molar-refractivity contribution in [3.05, 3.63) is 92.8 Å². The fraction of sp³-hybridized carbons (Fsp3) is 0.0952. The Kier molecular flexibility index (Phi) is 6.92. The molecule has 2 aromatic carbocycles. The third kappa shape index (κ3) is 6.07. The molecule has 4 rings (SSSR count). The van der Waals surface area contributed by atoms with Crippen molar-refractivity contribution in [2.24, 2.45) is 0 Å². The number of thiocarbonyl (C=S) groups is 1. The average Bonchev–Trinajstić information content (AvgIpc) is 3.29. The van der Waals surface area contributed by atoms with Gasteiger partial charge in [-0.3, -0.25) is 9.36 Å². The van der Waals surface area contributed by atoms with E-state index in [1.807, 2.05) is 70.3 Å². The molecule has 4 aromatic rings. The van der Waals surface area contributed by atoms with Gasteiger partial charge in [0.15, 0.2) is 10.9 Å². The van der Waals surface area contributed by atoms with Gasteiger partial charge in [0.05, 0.1) is 29.4 Å². The molecule has 0 amide bonds. The SMILES string of the molecule is S=C(Nc1cnn(Cc2cccc(Cl)c2)c1)Nc1nn(Cc2ccc(Cl)cc2)cc1Br. The molecule has 0 aliphatic carbocycles. The Hall–Kier alpha value is -2.39. The lowest BCUT2D eigenvalue weighted by Crippen LogP contribution is -2.19. The predicted octanol–water partition coefficient (Wildman–Crippen LogP) is 6.05. The standard InChI is InChI=1S/C21H17BrCl2N6S/c22-19-13-30(10-14-4-6-16(23)7-5-14)28-20(19)27-21(31)26-18-9-25-29(12-18)11-15-2-1-3-17(24)8-15/h1-9,12-13H,10-11H2,(H2,26,27,28,31). The highest BCUT2D eigenvalue weighted by Gasteiger charge is 2.10. The monoisotopic (exact) mass is 534 g/mol. The highest BCUT2D eigenvalue weighted by Crippen LogP contribution is 2.22. The summed E-state index contributed by atoms with van der Waals surface area (Å²) in [5.74, 6) is 0.623. The van der Waals surface area contributed by atoms with E-state index < -0.39 is 0 Å². The minimum atomic E-state index is 0.416. The molecule has 0 atom stereocenters. The Labute approximate surface area is 203 Å². The third-order valence-electron chi connectivity index (χ3n) is 4.33. The highest BCUT2D eigenvalue weighted by atomic mass is 79.9. The molecule has 0 saturated carbocycles. The quantitative estimate of drug-likeness (QED) is 0.294. The molecular formula is C21H17BrCl2N6S. The van der Waals surface area contributed by atoms with Gasteiger partial charge in [-0.25, -0.2) is 0 Å². The van der Waals surface area contributed by atoms with Crippen molar-refractivity contribution in [2.75, 3.05) is 10.6 Å². The molecule has 0 aliphatic rings. The van der Waals surface area contributed by atoms with Crippen molar-refractivity contribution >= 4 is 68.0 Å². The van der Waals surface area contributed by atoms with Crippen LogP contribution >= 0.6 is 51.3 Å². The second-order valence-corrected chi connectivity index (χ2v) is 8.92. The van der Waals surface area contributed by atoms with Crippen LogP contribution in [0.3, 0.4) is 0 Å². The van der Waals surface area contributed by atoms with Crippen LogP contribution in [0.25, 0.3) is 0 Å². The Morgan fingerprint density at radius 1 is 0.935 bits per heavy atom. The van der Waals surface area contributed by atoms with Crippen LogP contribution in [0.1, 0.15) is 11.1 Å². The smallest absolute Gasteiger partial charge is 0.176 e. The molecule has 0 radical (unpaired) electrons. The van der Waals surface area contributed by atoms with Crippen LogP contribution in [0.15, 0.2) is 71.6 Å². The number of anilines is 2. The van der Waals surface area contributed by atoms with E-state index in [1.165, 1.54) is 0 Å².